The summed E-state index contributed by atoms with van der Waals surface area (Å²) < 4.78 is 0. The van der Waals surface area contributed by atoms with Gasteiger partial charge in [-0.3, -0.25) is 9.71 Å². The molecule has 0 spiro atoms. The van der Waals surface area contributed by atoms with Crippen LogP contribution in [0.15, 0.2) is 24.3 Å². The standard InChI is InChI=1S/C17H26NO.N3.4W/c1-16(2,3)15(19)14(18-17(4,5)6)12-13-10-8-7-9-11-13;1-3-2;;;;/h8-11,14,18H,12H2,1-6H3;;;;;/q2*-1;;;;+2/t14-;;;;;/m0...../s1. The minimum absolute atomic E-state index is 0. The van der Waals surface area contributed by atoms with Gasteiger partial charge in [-0.05, 0) is 27.2 Å². The van der Waals surface area contributed by atoms with E-state index in [0.29, 0.717) is 0 Å². The van der Waals surface area contributed by atoms with E-state index < -0.39 is 0 Å². The molecule has 0 radical (unpaired) electrons. The van der Waals surface area contributed by atoms with Crippen molar-refractivity contribution in [1.82, 2.24) is 5.32 Å². The van der Waals surface area contributed by atoms with Gasteiger partial charge in [0.1, 0.15) is 0 Å². The van der Waals surface area contributed by atoms with Gasteiger partial charge in [0, 0.05) is 74.1 Å². The van der Waals surface area contributed by atoms with Gasteiger partial charge in [-0.15, -0.1) is 0 Å². The topological polar surface area (TPSA) is 87.8 Å². The smallest absolute Gasteiger partial charge is 0.373 e. The van der Waals surface area contributed by atoms with E-state index in [1.807, 2.05) is 45.0 Å². The zero-order valence-corrected chi connectivity index (χ0v) is 27.7. The molecule has 0 saturated heterocycles. The monoisotopic (exact) mass is 1040 g/mol. The van der Waals surface area contributed by atoms with Crippen LogP contribution in [0, 0.1) is 11.5 Å². The zero-order valence-electron chi connectivity index (χ0n) is 16.0. The summed E-state index contributed by atoms with van der Waals surface area (Å²) in [5, 5.41) is 3.45. The van der Waals surface area contributed by atoms with Gasteiger partial charge < -0.3 is 16.4 Å². The molecule has 5 nitrogen and oxygen atoms in total. The van der Waals surface area contributed by atoms with Gasteiger partial charge in [-0.1, -0.05) is 20.8 Å². The Labute approximate surface area is 215 Å². The van der Waals surface area contributed by atoms with Crippen LogP contribution >= 0.6 is 0 Å². The van der Waals surface area contributed by atoms with Gasteiger partial charge in [0.15, 0.2) is 5.78 Å². The summed E-state index contributed by atoms with van der Waals surface area (Å²) in [5.74, 6) is 0.259. The van der Waals surface area contributed by atoms with Crippen LogP contribution in [0.4, 0.5) is 0 Å². The van der Waals surface area contributed by atoms with Crippen LogP contribution in [0.25, 0.3) is 16.0 Å². The van der Waals surface area contributed by atoms with Crippen LogP contribution in [0.3, 0.4) is 0 Å². The maximum atomic E-state index is 12.6. The molecule has 1 rings (SSSR count). The Morgan fingerprint density at radius 2 is 1.46 bits per heavy atom. The number of Topliss-reactive ketones (excluding diaryl/α,β-unsaturated/α-hetero) is 1. The molecule has 0 aliphatic heterocycles. The quantitative estimate of drug-likeness (QED) is 0.212. The summed E-state index contributed by atoms with van der Waals surface area (Å²) >= 11 is 0. The van der Waals surface area contributed by atoms with E-state index in [9.17, 15) is 4.79 Å². The summed E-state index contributed by atoms with van der Waals surface area (Å²) in [6.45, 7) is 12.2. The van der Waals surface area contributed by atoms with E-state index >= 15 is 0 Å². The third-order valence-corrected chi connectivity index (χ3v) is 2.89. The van der Waals surface area contributed by atoms with E-state index in [-0.39, 0.29) is 107 Å². The number of hydrogen-bond acceptors (Lipinski definition) is 2. The van der Waals surface area contributed by atoms with E-state index in [4.69, 9.17) is 11.1 Å². The summed E-state index contributed by atoms with van der Waals surface area (Å²) in [6.07, 6.45) is 0.724. The number of hydrogen-bond donors (Lipinski definition) is 1. The molecule has 144 valence electrons. The predicted molar refractivity (Wildman–Crippen MR) is 90.2 cm³/mol. The van der Waals surface area contributed by atoms with Crippen molar-refractivity contribution in [3.63, 3.8) is 0 Å². The molecule has 0 heterocycles. The molecule has 0 aliphatic carbocycles. The number of benzene rings is 1. The number of rotatable bonds is 4. The molecule has 0 unspecified atom stereocenters. The fraction of sp³-hybridized carbons (Fsp3) is 0.588. The second-order valence-corrected chi connectivity index (χ2v) is 7.26. The fourth-order valence-electron chi connectivity index (χ4n) is 2.05. The van der Waals surface area contributed by atoms with Crippen molar-refractivity contribution in [3.05, 3.63) is 51.9 Å². The van der Waals surface area contributed by atoms with Crippen LogP contribution in [0.2, 0.25) is 0 Å². The Morgan fingerprint density at radius 1 is 1.08 bits per heavy atom. The van der Waals surface area contributed by atoms with Crippen molar-refractivity contribution in [2.24, 2.45) is 5.41 Å². The summed E-state index contributed by atoms with van der Waals surface area (Å²) in [6, 6.07) is 10.7. The molecule has 0 saturated carbocycles. The molecule has 0 aliphatic rings. The molecule has 1 aromatic rings. The minimum Gasteiger partial charge on any atom is -0.373 e. The molecule has 0 bridgehead atoms. The molecule has 1 aromatic carbocycles. The normalized spacial score (nSPS) is 10.7. The van der Waals surface area contributed by atoms with Crippen molar-refractivity contribution in [3.8, 4) is 0 Å². The Morgan fingerprint density at radius 3 is 1.77 bits per heavy atom. The molecule has 9 heteroatoms. The number of ketones is 1. The zero-order chi connectivity index (χ0) is 17.4. The summed E-state index contributed by atoms with van der Waals surface area (Å²) in [5.41, 5.74) is 14.3. The molecular formula is C17H26N4OW4. The molecule has 26 heavy (non-hydrogen) atoms. The first-order valence-electron chi connectivity index (χ1n) is 7.26. The van der Waals surface area contributed by atoms with Crippen molar-refractivity contribution in [2.45, 2.75) is 59.5 Å². The van der Waals surface area contributed by atoms with Crippen LogP contribution in [0.5, 0.6) is 0 Å². The minimum atomic E-state index is -0.330. The number of nitrogens with one attached hydrogen (secondary N) is 1. The third kappa shape index (κ3) is 18.3. The van der Waals surface area contributed by atoms with E-state index in [0.717, 1.165) is 12.0 Å². The van der Waals surface area contributed by atoms with Crippen LogP contribution < -0.4 is 5.32 Å². The number of carbonyl (C=O) groups is 1. The Hall–Kier alpha value is 0.913. The van der Waals surface area contributed by atoms with Gasteiger partial charge in [0.05, 0.1) is 6.04 Å². The largest absolute Gasteiger partial charge is 2.00 e. The van der Waals surface area contributed by atoms with Gasteiger partial charge in [0.25, 0.3) is 0 Å². The molecule has 0 amide bonds. The second kappa shape index (κ2) is 18.0. The molecule has 0 aromatic heterocycles. The first kappa shape index (κ1) is 37.6. The summed E-state index contributed by atoms with van der Waals surface area (Å²) in [7, 11) is 0. The van der Waals surface area contributed by atoms with E-state index in [1.165, 1.54) is 4.91 Å². The third-order valence-electron chi connectivity index (χ3n) is 2.89. The van der Waals surface area contributed by atoms with E-state index in [1.54, 1.807) is 0 Å². The van der Waals surface area contributed by atoms with Crippen LogP contribution in [0.1, 0.15) is 47.1 Å². The van der Waals surface area contributed by atoms with Crippen molar-refractivity contribution < 1.29 is 89.1 Å². The fourth-order valence-corrected chi connectivity index (χ4v) is 2.05. The van der Waals surface area contributed by atoms with Crippen molar-refractivity contribution in [1.29, 1.82) is 0 Å². The Kier molecular flexibility index (Phi) is 26.0. The van der Waals surface area contributed by atoms with Crippen LogP contribution in [-0.4, -0.2) is 17.4 Å². The average Bonchev–Trinajstić information content (AvgIpc) is 2.36. The average molecular weight is 1040 g/mol. The van der Waals surface area contributed by atoms with Gasteiger partial charge in [-0.2, -0.15) is 35.9 Å². The summed E-state index contributed by atoms with van der Waals surface area (Å²) in [4.78, 5) is 14.1. The molecular weight excluding hydrogens is 1010 g/mol. The van der Waals surface area contributed by atoms with Crippen molar-refractivity contribution >= 4 is 5.78 Å². The molecule has 1 N–H and O–H groups in total. The molecule has 0 fully saturated rings. The first-order valence-corrected chi connectivity index (χ1v) is 7.26. The van der Waals surface area contributed by atoms with Crippen molar-refractivity contribution in [2.75, 3.05) is 0 Å². The molecule has 1 atom stereocenters. The van der Waals surface area contributed by atoms with Gasteiger partial charge in [-0.25, -0.2) is 0 Å². The Bertz CT molecular complexity index is 508. The maximum Gasteiger partial charge on any atom is 2.00 e. The Balaban J connectivity index is -0.000000196. The van der Waals surface area contributed by atoms with Gasteiger partial charge >= 0.3 is 21.1 Å². The number of carbonyl (C=O) groups excluding carboxylic acids is 1. The van der Waals surface area contributed by atoms with E-state index in [2.05, 4.69) is 32.2 Å². The van der Waals surface area contributed by atoms with Gasteiger partial charge in [0.2, 0.25) is 0 Å². The van der Waals surface area contributed by atoms with Crippen LogP contribution in [-0.2, 0) is 95.5 Å². The SMILES string of the molecule is CC(C)(C)N[C@@H](Cc1cc[c-]cc1)C(=O)C(C)(C)C.[N-]=[N+]=[N-].[W+2].[W].[W].[W]. The maximum absolute atomic E-state index is 12.6. The second-order valence-electron chi connectivity index (χ2n) is 7.26. The first-order chi connectivity index (χ1) is 10.0. The number of nitrogens with zero attached hydrogens (tertiary/aromatic N) is 3. The predicted octanol–water partition coefficient (Wildman–Crippen LogP) is 4.26.